The SMILES string of the molecule is COC(=O)N1CC[C@H](Nc2ncnc3ccc(F)cc23)C1. The highest BCUT2D eigenvalue weighted by Crippen LogP contribution is 2.23. The molecule has 1 saturated heterocycles. The van der Waals surface area contributed by atoms with Crippen LogP contribution in [-0.4, -0.2) is 47.2 Å². The van der Waals surface area contributed by atoms with Crippen molar-refractivity contribution in [3.05, 3.63) is 30.3 Å². The maximum Gasteiger partial charge on any atom is 0.409 e. The molecule has 1 atom stereocenters. The molecule has 0 unspecified atom stereocenters. The lowest BCUT2D eigenvalue weighted by Gasteiger charge is -2.16. The van der Waals surface area contributed by atoms with Crippen LogP contribution in [0.2, 0.25) is 0 Å². The van der Waals surface area contributed by atoms with Crippen molar-refractivity contribution in [2.24, 2.45) is 0 Å². The highest BCUT2D eigenvalue weighted by molar-refractivity contribution is 5.88. The molecule has 1 aliphatic rings. The van der Waals surface area contributed by atoms with Crippen LogP contribution in [-0.2, 0) is 4.74 Å². The Morgan fingerprint density at radius 1 is 1.48 bits per heavy atom. The van der Waals surface area contributed by atoms with E-state index in [-0.39, 0.29) is 18.0 Å². The first kappa shape index (κ1) is 13.5. The topological polar surface area (TPSA) is 67.3 Å². The van der Waals surface area contributed by atoms with Gasteiger partial charge < -0.3 is 15.0 Å². The van der Waals surface area contributed by atoms with Crippen LogP contribution in [0.5, 0.6) is 0 Å². The van der Waals surface area contributed by atoms with Crippen LogP contribution in [0.1, 0.15) is 6.42 Å². The summed E-state index contributed by atoms with van der Waals surface area (Å²) >= 11 is 0. The van der Waals surface area contributed by atoms with E-state index >= 15 is 0 Å². The maximum absolute atomic E-state index is 13.4. The summed E-state index contributed by atoms with van der Waals surface area (Å²) < 4.78 is 18.1. The summed E-state index contributed by atoms with van der Waals surface area (Å²) in [6.45, 7) is 1.16. The molecule has 0 aliphatic carbocycles. The van der Waals surface area contributed by atoms with Crippen molar-refractivity contribution in [3.8, 4) is 0 Å². The van der Waals surface area contributed by atoms with E-state index in [1.54, 1.807) is 11.0 Å². The number of likely N-dealkylation sites (tertiary alicyclic amines) is 1. The molecule has 21 heavy (non-hydrogen) atoms. The lowest BCUT2D eigenvalue weighted by Crippen LogP contribution is -2.31. The Bertz CT molecular complexity index is 679. The van der Waals surface area contributed by atoms with Crippen molar-refractivity contribution in [2.75, 3.05) is 25.5 Å². The summed E-state index contributed by atoms with van der Waals surface area (Å²) in [6, 6.07) is 4.45. The zero-order chi connectivity index (χ0) is 14.8. The third-order valence-electron chi connectivity index (χ3n) is 3.56. The average molecular weight is 290 g/mol. The molecule has 1 N–H and O–H groups in total. The number of methoxy groups -OCH3 is 1. The van der Waals surface area contributed by atoms with Crippen LogP contribution in [0.25, 0.3) is 10.9 Å². The van der Waals surface area contributed by atoms with Crippen molar-refractivity contribution in [2.45, 2.75) is 12.5 Å². The van der Waals surface area contributed by atoms with E-state index in [2.05, 4.69) is 15.3 Å². The van der Waals surface area contributed by atoms with Crippen molar-refractivity contribution < 1.29 is 13.9 Å². The van der Waals surface area contributed by atoms with Gasteiger partial charge in [0.15, 0.2) is 0 Å². The Kier molecular flexibility index (Phi) is 3.55. The Balaban J connectivity index is 1.80. The fourth-order valence-corrected chi connectivity index (χ4v) is 2.51. The summed E-state index contributed by atoms with van der Waals surface area (Å²) in [7, 11) is 1.36. The molecule has 7 heteroatoms. The second-order valence-corrected chi connectivity index (χ2v) is 4.93. The molecule has 1 aromatic carbocycles. The van der Waals surface area contributed by atoms with E-state index in [1.807, 2.05) is 0 Å². The van der Waals surface area contributed by atoms with Gasteiger partial charge in [-0.05, 0) is 24.6 Å². The molecule has 2 heterocycles. The van der Waals surface area contributed by atoms with Gasteiger partial charge in [-0.3, -0.25) is 0 Å². The van der Waals surface area contributed by atoms with Gasteiger partial charge in [0.05, 0.1) is 12.6 Å². The average Bonchev–Trinajstić information content (AvgIpc) is 2.95. The fourth-order valence-electron chi connectivity index (χ4n) is 2.51. The number of nitrogens with one attached hydrogen (secondary N) is 1. The number of fused-ring (bicyclic) bond motifs is 1. The molecule has 1 aliphatic heterocycles. The second kappa shape index (κ2) is 5.51. The third-order valence-corrected chi connectivity index (χ3v) is 3.56. The van der Waals surface area contributed by atoms with Crippen LogP contribution in [0.15, 0.2) is 24.5 Å². The predicted octanol–water partition coefficient (Wildman–Crippen LogP) is 2.02. The van der Waals surface area contributed by atoms with Crippen LogP contribution in [0, 0.1) is 5.82 Å². The molecule has 6 nitrogen and oxygen atoms in total. The molecule has 3 rings (SSSR count). The van der Waals surface area contributed by atoms with Gasteiger partial charge in [0.2, 0.25) is 0 Å². The van der Waals surface area contributed by atoms with Gasteiger partial charge in [0.1, 0.15) is 18.0 Å². The standard InChI is InChI=1S/C14H15FN4O2/c1-21-14(20)19-5-4-10(7-19)18-13-11-6-9(15)2-3-12(11)16-8-17-13/h2-3,6,8,10H,4-5,7H2,1H3,(H,16,17,18)/t10-/m0/s1. The van der Waals surface area contributed by atoms with Crippen LogP contribution >= 0.6 is 0 Å². The normalized spacial score (nSPS) is 18.0. The molecular weight excluding hydrogens is 275 g/mol. The number of anilines is 1. The quantitative estimate of drug-likeness (QED) is 0.916. The number of hydrogen-bond acceptors (Lipinski definition) is 5. The lowest BCUT2D eigenvalue weighted by molar-refractivity contribution is 0.133. The minimum atomic E-state index is -0.335. The van der Waals surface area contributed by atoms with Gasteiger partial charge in [-0.2, -0.15) is 0 Å². The monoisotopic (exact) mass is 290 g/mol. The Labute approximate surface area is 120 Å². The van der Waals surface area contributed by atoms with Crippen molar-refractivity contribution in [1.29, 1.82) is 0 Å². The smallest absolute Gasteiger partial charge is 0.409 e. The van der Waals surface area contributed by atoms with Crippen molar-refractivity contribution in [1.82, 2.24) is 14.9 Å². The molecule has 0 saturated carbocycles. The molecule has 1 aromatic heterocycles. The summed E-state index contributed by atoms with van der Waals surface area (Å²) in [6.07, 6.45) is 1.89. The van der Waals surface area contributed by atoms with E-state index in [9.17, 15) is 9.18 Å². The highest BCUT2D eigenvalue weighted by atomic mass is 19.1. The minimum Gasteiger partial charge on any atom is -0.453 e. The van der Waals surface area contributed by atoms with Crippen molar-refractivity contribution in [3.63, 3.8) is 0 Å². The van der Waals surface area contributed by atoms with Crippen LogP contribution in [0.4, 0.5) is 15.0 Å². The molecule has 1 amide bonds. The Morgan fingerprint density at radius 3 is 3.14 bits per heavy atom. The highest BCUT2D eigenvalue weighted by Gasteiger charge is 2.27. The molecule has 110 valence electrons. The summed E-state index contributed by atoms with van der Waals surface area (Å²) in [5.74, 6) is 0.249. The number of halogens is 1. The van der Waals surface area contributed by atoms with Gasteiger partial charge in [0, 0.05) is 24.5 Å². The molecule has 2 aromatic rings. The zero-order valence-corrected chi connectivity index (χ0v) is 11.5. The predicted molar refractivity (Wildman–Crippen MR) is 75.5 cm³/mol. The summed E-state index contributed by atoms with van der Waals surface area (Å²) in [5, 5.41) is 3.89. The molecular formula is C14H15FN4O2. The Morgan fingerprint density at radius 2 is 2.33 bits per heavy atom. The first-order chi connectivity index (χ1) is 10.2. The van der Waals surface area contributed by atoms with Crippen LogP contribution < -0.4 is 5.32 Å². The van der Waals surface area contributed by atoms with Gasteiger partial charge >= 0.3 is 6.09 Å². The number of aromatic nitrogens is 2. The largest absolute Gasteiger partial charge is 0.453 e. The van der Waals surface area contributed by atoms with Gasteiger partial charge in [-0.15, -0.1) is 0 Å². The molecule has 0 bridgehead atoms. The summed E-state index contributed by atoms with van der Waals surface area (Å²) in [4.78, 5) is 21.4. The molecule has 1 fully saturated rings. The first-order valence-corrected chi connectivity index (χ1v) is 6.67. The van der Waals surface area contributed by atoms with E-state index in [4.69, 9.17) is 4.74 Å². The number of nitrogens with zero attached hydrogens (tertiary/aromatic N) is 3. The van der Waals surface area contributed by atoms with Gasteiger partial charge in [-0.25, -0.2) is 19.2 Å². The van der Waals surface area contributed by atoms with E-state index in [1.165, 1.54) is 25.6 Å². The van der Waals surface area contributed by atoms with E-state index < -0.39 is 0 Å². The number of amides is 1. The number of carbonyl (C=O) groups excluding carboxylic acids is 1. The second-order valence-electron chi connectivity index (χ2n) is 4.93. The van der Waals surface area contributed by atoms with Gasteiger partial charge in [-0.1, -0.05) is 0 Å². The number of benzene rings is 1. The number of hydrogen-bond donors (Lipinski definition) is 1. The Hall–Kier alpha value is -2.44. The summed E-state index contributed by atoms with van der Waals surface area (Å²) in [5.41, 5.74) is 0.678. The van der Waals surface area contributed by atoms with Crippen LogP contribution in [0.3, 0.4) is 0 Å². The lowest BCUT2D eigenvalue weighted by atomic mass is 10.2. The first-order valence-electron chi connectivity index (χ1n) is 6.67. The number of carbonyl (C=O) groups is 1. The maximum atomic E-state index is 13.4. The number of rotatable bonds is 2. The van der Waals surface area contributed by atoms with Crippen molar-refractivity contribution >= 4 is 22.8 Å². The molecule has 0 radical (unpaired) electrons. The fraction of sp³-hybridized carbons (Fsp3) is 0.357. The van der Waals surface area contributed by atoms with Gasteiger partial charge in [0.25, 0.3) is 0 Å². The van der Waals surface area contributed by atoms with E-state index in [0.29, 0.717) is 29.8 Å². The van der Waals surface area contributed by atoms with E-state index in [0.717, 1.165) is 6.42 Å². The minimum absolute atomic E-state index is 0.0606. The number of ether oxygens (including phenoxy) is 1. The molecule has 0 spiro atoms. The zero-order valence-electron chi connectivity index (χ0n) is 11.5. The third kappa shape index (κ3) is 2.72.